The molecule has 1 atom stereocenters. The Labute approximate surface area is 170 Å². The number of hydrogen-bond donors (Lipinski definition) is 5. The van der Waals surface area contributed by atoms with Crippen LogP contribution >= 0.6 is 0 Å². The maximum absolute atomic E-state index is 12.7. The maximum Gasteiger partial charge on any atom is 0.304 e. The van der Waals surface area contributed by atoms with Gasteiger partial charge in [-0.05, 0) is 18.4 Å². The number of nitrogens with two attached hydrogens (primary N) is 2. The largest absolute Gasteiger partial charge is 0.481 e. The van der Waals surface area contributed by atoms with Crippen LogP contribution in [-0.2, 0) is 20.8 Å². The molecule has 0 aliphatic carbocycles. The quantitative estimate of drug-likeness (QED) is 0.192. The molecule has 0 aliphatic heterocycles. The number of aliphatic imine (C=N–C) groups is 1. The molecular formula is C20H31N5O4. The van der Waals surface area contributed by atoms with Gasteiger partial charge in [-0.25, -0.2) is 0 Å². The number of nitrogens with one attached hydrogen (secondary N) is 2. The van der Waals surface area contributed by atoms with Gasteiger partial charge in [0.25, 0.3) is 0 Å². The molecule has 1 unspecified atom stereocenters. The molecule has 0 radical (unpaired) electrons. The first-order valence-electron chi connectivity index (χ1n) is 9.51. The van der Waals surface area contributed by atoms with Crippen molar-refractivity contribution in [3.05, 3.63) is 35.9 Å². The van der Waals surface area contributed by atoms with Gasteiger partial charge in [-0.2, -0.15) is 0 Å². The third-order valence-electron chi connectivity index (χ3n) is 4.29. The van der Waals surface area contributed by atoms with Gasteiger partial charge in [0.1, 0.15) is 6.04 Å². The van der Waals surface area contributed by atoms with E-state index < -0.39 is 23.3 Å². The molecule has 0 aromatic heterocycles. The number of amides is 2. The summed E-state index contributed by atoms with van der Waals surface area (Å²) in [6, 6.07) is 8.49. The average Bonchev–Trinajstić information content (AvgIpc) is 2.63. The highest BCUT2D eigenvalue weighted by Gasteiger charge is 2.33. The van der Waals surface area contributed by atoms with E-state index in [1.54, 1.807) is 0 Å². The molecule has 0 saturated heterocycles. The molecular weight excluding hydrogens is 374 g/mol. The highest BCUT2D eigenvalue weighted by atomic mass is 16.4. The zero-order valence-corrected chi connectivity index (χ0v) is 17.0. The van der Waals surface area contributed by atoms with Crippen molar-refractivity contribution in [3.63, 3.8) is 0 Å². The molecule has 9 nitrogen and oxygen atoms in total. The molecule has 160 valence electrons. The Morgan fingerprint density at radius 3 is 2.38 bits per heavy atom. The van der Waals surface area contributed by atoms with Gasteiger partial charge in [0.2, 0.25) is 11.8 Å². The van der Waals surface area contributed by atoms with E-state index in [9.17, 15) is 14.4 Å². The standard InChI is InChI=1S/C20H31N5O4/c1-20(2,13-16(26)27)18(29)25-15(12-14-8-4-3-5-9-14)17(28)23-10-6-7-11-24-19(21)22/h3-5,8-9,15H,6-7,10-13H2,1-2H3,(H,23,28)(H,25,29)(H,26,27)(H4,21,22,24). The third kappa shape index (κ3) is 9.59. The highest BCUT2D eigenvalue weighted by molar-refractivity contribution is 5.91. The number of aliphatic carboxylic acids is 1. The van der Waals surface area contributed by atoms with Crippen LogP contribution in [0.5, 0.6) is 0 Å². The summed E-state index contributed by atoms with van der Waals surface area (Å²) in [6.07, 6.45) is 1.36. The topological polar surface area (TPSA) is 160 Å². The van der Waals surface area contributed by atoms with E-state index in [0.29, 0.717) is 32.4 Å². The summed E-state index contributed by atoms with van der Waals surface area (Å²) < 4.78 is 0. The second-order valence-corrected chi connectivity index (χ2v) is 7.47. The van der Waals surface area contributed by atoms with E-state index >= 15 is 0 Å². The second-order valence-electron chi connectivity index (χ2n) is 7.47. The lowest BCUT2D eigenvalue weighted by atomic mass is 9.87. The van der Waals surface area contributed by atoms with Crippen LogP contribution in [0.3, 0.4) is 0 Å². The fourth-order valence-electron chi connectivity index (χ4n) is 2.65. The minimum Gasteiger partial charge on any atom is -0.481 e. The molecule has 2 amide bonds. The Morgan fingerprint density at radius 2 is 1.79 bits per heavy atom. The van der Waals surface area contributed by atoms with Crippen LogP contribution in [0, 0.1) is 5.41 Å². The number of unbranched alkanes of at least 4 members (excludes halogenated alkanes) is 1. The van der Waals surface area contributed by atoms with Crippen molar-refractivity contribution in [1.29, 1.82) is 0 Å². The summed E-state index contributed by atoms with van der Waals surface area (Å²) in [7, 11) is 0. The lowest BCUT2D eigenvalue weighted by Crippen LogP contribution is -2.52. The minimum absolute atomic E-state index is 0.0312. The van der Waals surface area contributed by atoms with Gasteiger partial charge in [-0.1, -0.05) is 44.2 Å². The van der Waals surface area contributed by atoms with Gasteiger partial charge in [0.15, 0.2) is 5.96 Å². The van der Waals surface area contributed by atoms with Gasteiger partial charge < -0.3 is 27.2 Å². The van der Waals surface area contributed by atoms with Crippen LogP contribution < -0.4 is 22.1 Å². The smallest absolute Gasteiger partial charge is 0.304 e. The predicted molar refractivity (Wildman–Crippen MR) is 111 cm³/mol. The first-order chi connectivity index (χ1) is 13.6. The molecule has 1 rings (SSSR count). The summed E-state index contributed by atoms with van der Waals surface area (Å²) in [6.45, 7) is 3.97. The summed E-state index contributed by atoms with van der Waals surface area (Å²) >= 11 is 0. The van der Waals surface area contributed by atoms with E-state index in [-0.39, 0.29) is 18.3 Å². The first kappa shape index (κ1) is 23.9. The lowest BCUT2D eigenvalue weighted by Gasteiger charge is -2.26. The molecule has 0 bridgehead atoms. The zero-order chi connectivity index (χ0) is 21.9. The molecule has 0 fully saturated rings. The molecule has 0 heterocycles. The normalized spacial score (nSPS) is 11.9. The summed E-state index contributed by atoms with van der Waals surface area (Å²) in [5.41, 5.74) is 10.3. The number of rotatable bonds is 12. The van der Waals surface area contributed by atoms with Crippen LogP contribution in [0.2, 0.25) is 0 Å². The summed E-state index contributed by atoms with van der Waals surface area (Å²) in [4.78, 5) is 40.1. The van der Waals surface area contributed by atoms with Gasteiger partial charge >= 0.3 is 5.97 Å². The van der Waals surface area contributed by atoms with Crippen LogP contribution in [0.15, 0.2) is 35.3 Å². The Morgan fingerprint density at radius 1 is 1.14 bits per heavy atom. The zero-order valence-electron chi connectivity index (χ0n) is 17.0. The van der Waals surface area contributed by atoms with Gasteiger partial charge in [-0.3, -0.25) is 19.4 Å². The van der Waals surface area contributed by atoms with Gasteiger partial charge in [0.05, 0.1) is 11.8 Å². The maximum atomic E-state index is 12.7. The number of nitrogens with zero attached hydrogens (tertiary/aromatic N) is 1. The van der Waals surface area contributed by atoms with Crippen LogP contribution in [0.25, 0.3) is 0 Å². The Balaban J connectivity index is 2.72. The van der Waals surface area contributed by atoms with Crippen molar-refractivity contribution in [2.24, 2.45) is 21.9 Å². The molecule has 0 spiro atoms. The average molecular weight is 405 g/mol. The Hall–Kier alpha value is -3.10. The SMILES string of the molecule is CC(C)(CC(=O)O)C(=O)NC(Cc1ccccc1)C(=O)NCCCCN=C(N)N. The fraction of sp³-hybridized carbons (Fsp3) is 0.500. The van der Waals surface area contributed by atoms with Crippen molar-refractivity contribution in [1.82, 2.24) is 10.6 Å². The number of carboxylic acids is 1. The minimum atomic E-state index is -1.14. The summed E-state index contributed by atoms with van der Waals surface area (Å²) in [5.74, 6) is -1.85. The molecule has 29 heavy (non-hydrogen) atoms. The fourth-order valence-corrected chi connectivity index (χ4v) is 2.65. The summed E-state index contributed by atoms with van der Waals surface area (Å²) in [5, 5.41) is 14.5. The van der Waals surface area contributed by atoms with E-state index in [2.05, 4.69) is 15.6 Å². The van der Waals surface area contributed by atoms with Gasteiger partial charge in [0, 0.05) is 19.5 Å². The molecule has 0 saturated carbocycles. The number of hydrogen-bond acceptors (Lipinski definition) is 4. The Kier molecular flexibility index (Phi) is 9.64. The number of carbonyl (C=O) groups excluding carboxylic acids is 2. The van der Waals surface area contributed by atoms with Crippen molar-refractivity contribution in [3.8, 4) is 0 Å². The molecule has 0 aliphatic rings. The molecule has 7 N–H and O–H groups in total. The third-order valence-corrected chi connectivity index (χ3v) is 4.29. The van der Waals surface area contributed by atoms with Crippen LogP contribution in [0.4, 0.5) is 0 Å². The second kappa shape index (κ2) is 11.7. The first-order valence-corrected chi connectivity index (χ1v) is 9.51. The number of benzene rings is 1. The van der Waals surface area contributed by atoms with Gasteiger partial charge in [-0.15, -0.1) is 0 Å². The van der Waals surface area contributed by atoms with Crippen molar-refractivity contribution in [2.75, 3.05) is 13.1 Å². The lowest BCUT2D eigenvalue weighted by molar-refractivity contribution is -0.144. The van der Waals surface area contributed by atoms with E-state index in [4.69, 9.17) is 16.6 Å². The van der Waals surface area contributed by atoms with Crippen LogP contribution in [0.1, 0.15) is 38.7 Å². The number of carboxylic acid groups (broad SMARTS) is 1. The monoisotopic (exact) mass is 405 g/mol. The van der Waals surface area contributed by atoms with Crippen LogP contribution in [-0.4, -0.2) is 48.0 Å². The van der Waals surface area contributed by atoms with E-state index in [1.807, 2.05) is 30.3 Å². The molecule has 9 heteroatoms. The number of carbonyl (C=O) groups is 3. The van der Waals surface area contributed by atoms with Crippen molar-refractivity contribution >= 4 is 23.7 Å². The van der Waals surface area contributed by atoms with Crippen molar-refractivity contribution < 1.29 is 19.5 Å². The Bertz CT molecular complexity index is 715. The number of guanidine groups is 1. The molecule has 1 aromatic carbocycles. The predicted octanol–water partition coefficient (Wildman–Crippen LogP) is 0.385. The molecule has 1 aromatic rings. The highest BCUT2D eigenvalue weighted by Crippen LogP contribution is 2.21. The van der Waals surface area contributed by atoms with Crippen molar-refractivity contribution in [2.45, 2.75) is 45.6 Å². The van der Waals surface area contributed by atoms with E-state index in [1.165, 1.54) is 13.8 Å². The van der Waals surface area contributed by atoms with E-state index in [0.717, 1.165) is 5.56 Å².